The molecule has 1 saturated heterocycles. The molecule has 0 radical (unpaired) electrons. The molecule has 2 N–H and O–H groups in total. The Kier molecular flexibility index (Phi) is 7.03. The molecule has 1 fully saturated rings. The highest BCUT2D eigenvalue weighted by Gasteiger charge is 2.46. The number of hydrogen-bond donors (Lipinski definition) is 2. The maximum absolute atomic E-state index is 13.8. The normalized spacial score (nSPS) is 16.9. The zero-order chi connectivity index (χ0) is 27.7. The number of phenols is 1. The number of nitrogens with one attached hydrogen (secondary N) is 1. The Labute approximate surface area is 225 Å². The summed E-state index contributed by atoms with van der Waals surface area (Å²) in [7, 11) is 3.88. The summed E-state index contributed by atoms with van der Waals surface area (Å²) in [5, 5.41) is 13.2. The van der Waals surface area contributed by atoms with Crippen molar-refractivity contribution < 1.29 is 29.0 Å². The van der Waals surface area contributed by atoms with Gasteiger partial charge in [-0.05, 0) is 56.9 Å². The molecule has 1 atom stereocenters. The molecule has 2 heterocycles. The molecule has 10 heteroatoms. The second-order valence-electron chi connectivity index (χ2n) is 9.62. The number of benzene rings is 3. The lowest BCUT2D eigenvalue weighted by molar-refractivity contribution is -0.136. The lowest BCUT2D eigenvalue weighted by Crippen LogP contribution is -2.54. The minimum absolute atomic E-state index is 0.0291. The second kappa shape index (κ2) is 10.6. The molecular weight excluding hydrogens is 500 g/mol. The third-order valence-electron chi connectivity index (χ3n) is 6.70. The van der Waals surface area contributed by atoms with Crippen LogP contribution in [0.5, 0.6) is 11.5 Å². The SMILES string of the molecule is CN(C)CCOc1ccc(O)c(N(c2ccccc2)c2cccc3c2C(=O)N(C2CCC(=O)NC2=O)C3=O)c1. The predicted molar refractivity (Wildman–Crippen MR) is 144 cm³/mol. The summed E-state index contributed by atoms with van der Waals surface area (Å²) in [6, 6.07) is 17.8. The average molecular weight is 529 g/mol. The molecule has 10 nitrogen and oxygen atoms in total. The van der Waals surface area contributed by atoms with Gasteiger partial charge in [-0.1, -0.05) is 24.3 Å². The Balaban J connectivity index is 1.60. The highest BCUT2D eigenvalue weighted by Crippen LogP contribution is 2.45. The minimum atomic E-state index is -1.09. The molecule has 0 saturated carbocycles. The third kappa shape index (κ3) is 4.94. The molecule has 0 bridgehead atoms. The molecule has 3 aromatic rings. The van der Waals surface area contributed by atoms with Crippen LogP contribution in [0.1, 0.15) is 33.6 Å². The van der Waals surface area contributed by atoms with Crippen molar-refractivity contribution in [3.8, 4) is 11.5 Å². The van der Waals surface area contributed by atoms with Gasteiger partial charge >= 0.3 is 0 Å². The van der Waals surface area contributed by atoms with Gasteiger partial charge in [0.1, 0.15) is 24.1 Å². The van der Waals surface area contributed by atoms with Crippen molar-refractivity contribution in [3.63, 3.8) is 0 Å². The van der Waals surface area contributed by atoms with Crippen LogP contribution in [0.15, 0.2) is 66.7 Å². The van der Waals surface area contributed by atoms with Crippen molar-refractivity contribution in [3.05, 3.63) is 77.9 Å². The van der Waals surface area contributed by atoms with Gasteiger partial charge in [-0.25, -0.2) is 0 Å². The van der Waals surface area contributed by atoms with Crippen LogP contribution in [0.4, 0.5) is 17.1 Å². The zero-order valence-electron chi connectivity index (χ0n) is 21.6. The standard InChI is InChI=1S/C29H28N4O6/c1-31(2)15-16-39-19-11-13-24(34)23(17-19)32(18-7-4-3-5-8-18)21-10-6-9-20-26(21)29(38)33(28(20)37)22-12-14-25(35)30-27(22)36/h3-11,13,17,22,34H,12,14-16H2,1-2H3,(H,30,35,36). The Morgan fingerprint density at radius 2 is 1.72 bits per heavy atom. The summed E-state index contributed by atoms with van der Waals surface area (Å²) in [6.07, 6.45) is 0.0856. The molecule has 3 aromatic carbocycles. The van der Waals surface area contributed by atoms with Crippen LogP contribution in [0.3, 0.4) is 0 Å². The maximum Gasteiger partial charge on any atom is 0.264 e. The largest absolute Gasteiger partial charge is 0.506 e. The monoisotopic (exact) mass is 528 g/mol. The first-order valence-electron chi connectivity index (χ1n) is 12.6. The summed E-state index contributed by atoms with van der Waals surface area (Å²) < 4.78 is 5.90. The number of aromatic hydroxyl groups is 1. The van der Waals surface area contributed by atoms with E-state index in [-0.39, 0.29) is 29.7 Å². The number of hydrogen-bond acceptors (Lipinski definition) is 8. The van der Waals surface area contributed by atoms with E-state index in [1.165, 1.54) is 12.1 Å². The van der Waals surface area contributed by atoms with Gasteiger partial charge in [0.25, 0.3) is 11.8 Å². The highest BCUT2D eigenvalue weighted by molar-refractivity contribution is 6.26. The Morgan fingerprint density at radius 3 is 2.44 bits per heavy atom. The first-order chi connectivity index (χ1) is 18.8. The topological polar surface area (TPSA) is 119 Å². The fourth-order valence-corrected chi connectivity index (χ4v) is 4.79. The van der Waals surface area contributed by atoms with E-state index in [4.69, 9.17) is 4.74 Å². The van der Waals surface area contributed by atoms with E-state index in [9.17, 15) is 24.3 Å². The number of rotatable bonds is 8. The molecule has 2 aliphatic heterocycles. The number of anilines is 3. The van der Waals surface area contributed by atoms with E-state index in [1.807, 2.05) is 49.3 Å². The second-order valence-corrected chi connectivity index (χ2v) is 9.62. The van der Waals surface area contributed by atoms with E-state index >= 15 is 0 Å². The Hall–Kier alpha value is -4.70. The van der Waals surface area contributed by atoms with E-state index in [2.05, 4.69) is 5.32 Å². The molecule has 0 aromatic heterocycles. The van der Waals surface area contributed by atoms with Crippen LogP contribution in [-0.2, 0) is 9.59 Å². The summed E-state index contributed by atoms with van der Waals surface area (Å²) in [5.74, 6) is -1.90. The van der Waals surface area contributed by atoms with Crippen LogP contribution in [0.25, 0.3) is 0 Å². The zero-order valence-corrected chi connectivity index (χ0v) is 21.6. The molecule has 2 aliphatic rings. The molecule has 0 aliphatic carbocycles. The molecule has 5 rings (SSSR count). The van der Waals surface area contributed by atoms with Crippen molar-refractivity contribution >= 4 is 40.7 Å². The predicted octanol–water partition coefficient (Wildman–Crippen LogP) is 3.20. The number of para-hydroxylation sites is 1. The number of carbonyl (C=O) groups is 4. The van der Waals surface area contributed by atoms with E-state index in [0.717, 1.165) is 4.90 Å². The summed E-state index contributed by atoms with van der Waals surface area (Å²) in [4.78, 5) is 56.1. The lowest BCUT2D eigenvalue weighted by Gasteiger charge is -2.29. The number of nitrogens with zero attached hydrogens (tertiary/aromatic N) is 3. The molecule has 39 heavy (non-hydrogen) atoms. The first-order valence-corrected chi connectivity index (χ1v) is 12.6. The van der Waals surface area contributed by atoms with Gasteiger partial charge in [0.15, 0.2) is 0 Å². The Morgan fingerprint density at radius 1 is 0.949 bits per heavy atom. The molecule has 0 spiro atoms. The lowest BCUT2D eigenvalue weighted by atomic mass is 10.0. The fraction of sp³-hybridized carbons (Fsp3) is 0.241. The van der Waals surface area contributed by atoms with Gasteiger partial charge in [0, 0.05) is 24.7 Å². The summed E-state index contributed by atoms with van der Waals surface area (Å²) >= 11 is 0. The van der Waals surface area contributed by atoms with Crippen LogP contribution in [-0.4, -0.2) is 71.8 Å². The van der Waals surface area contributed by atoms with Crippen molar-refractivity contribution in [1.82, 2.24) is 15.1 Å². The number of likely N-dealkylation sites (N-methyl/N-ethyl adjacent to an activating group) is 1. The first kappa shape index (κ1) is 25.9. The summed E-state index contributed by atoms with van der Waals surface area (Å²) in [6.45, 7) is 1.12. The number of fused-ring (bicyclic) bond motifs is 1. The van der Waals surface area contributed by atoms with Gasteiger partial charge < -0.3 is 19.6 Å². The summed E-state index contributed by atoms with van der Waals surface area (Å²) in [5.41, 5.74) is 1.57. The smallest absolute Gasteiger partial charge is 0.264 e. The molecule has 4 amide bonds. The third-order valence-corrected chi connectivity index (χ3v) is 6.70. The minimum Gasteiger partial charge on any atom is -0.506 e. The number of imide groups is 2. The van der Waals surface area contributed by atoms with Crippen LogP contribution >= 0.6 is 0 Å². The number of phenolic OH excluding ortho intramolecular Hbond substituents is 1. The molecule has 1 unspecified atom stereocenters. The van der Waals surface area contributed by atoms with Crippen LogP contribution < -0.4 is 15.0 Å². The number of ether oxygens (including phenoxy) is 1. The maximum atomic E-state index is 13.8. The van der Waals surface area contributed by atoms with E-state index in [0.29, 0.717) is 36.0 Å². The van der Waals surface area contributed by atoms with Gasteiger partial charge in [-0.15, -0.1) is 0 Å². The number of carbonyl (C=O) groups excluding carboxylic acids is 4. The van der Waals surface area contributed by atoms with Gasteiger partial charge in [0.2, 0.25) is 11.8 Å². The average Bonchev–Trinajstić information content (AvgIpc) is 3.17. The van der Waals surface area contributed by atoms with Crippen molar-refractivity contribution in [1.29, 1.82) is 0 Å². The van der Waals surface area contributed by atoms with Crippen molar-refractivity contribution in [2.24, 2.45) is 0 Å². The van der Waals surface area contributed by atoms with E-state index < -0.39 is 29.7 Å². The van der Waals surface area contributed by atoms with Gasteiger partial charge in [-0.3, -0.25) is 29.4 Å². The van der Waals surface area contributed by atoms with Gasteiger partial charge in [-0.2, -0.15) is 0 Å². The van der Waals surface area contributed by atoms with Crippen LogP contribution in [0, 0.1) is 0 Å². The Bertz CT molecular complexity index is 1460. The van der Waals surface area contributed by atoms with E-state index in [1.54, 1.807) is 29.2 Å². The van der Waals surface area contributed by atoms with Gasteiger partial charge in [0.05, 0.1) is 22.5 Å². The highest BCUT2D eigenvalue weighted by atomic mass is 16.5. The number of amides is 4. The molecular formula is C29H28N4O6. The molecule has 200 valence electrons. The quantitative estimate of drug-likeness (QED) is 0.428. The van der Waals surface area contributed by atoms with Crippen molar-refractivity contribution in [2.45, 2.75) is 18.9 Å². The van der Waals surface area contributed by atoms with Crippen LogP contribution in [0.2, 0.25) is 0 Å². The fourth-order valence-electron chi connectivity index (χ4n) is 4.79. The van der Waals surface area contributed by atoms with Crippen molar-refractivity contribution in [2.75, 3.05) is 32.1 Å². The number of piperidine rings is 1.